The summed E-state index contributed by atoms with van der Waals surface area (Å²) in [7, 11) is -1.54. The molecule has 3 rings (SSSR count). The molecule has 124 valence electrons. The van der Waals surface area contributed by atoms with E-state index in [0.29, 0.717) is 4.90 Å². The first-order valence-electron chi connectivity index (χ1n) is 7.52. The smallest absolute Gasteiger partial charge is 0.175 e. The predicted octanol–water partition coefficient (Wildman–Crippen LogP) is 3.86. The third kappa shape index (κ3) is 3.21. The molecule has 3 aromatic rings. The quantitative estimate of drug-likeness (QED) is 0.724. The minimum absolute atomic E-state index is 0.325. The first-order chi connectivity index (χ1) is 11.4. The molecule has 0 saturated heterocycles. The Morgan fingerprint density at radius 2 is 1.58 bits per heavy atom. The van der Waals surface area contributed by atoms with Gasteiger partial charge in [-0.3, -0.25) is 0 Å². The highest BCUT2D eigenvalue weighted by atomic mass is 32.2. The van der Waals surface area contributed by atoms with Gasteiger partial charge in [-0.15, -0.1) is 0 Å². The molecule has 0 unspecified atom stereocenters. The Labute approximate surface area is 142 Å². The molecule has 0 aliphatic carbocycles. The summed E-state index contributed by atoms with van der Waals surface area (Å²) in [6.45, 7) is 2.04. The van der Waals surface area contributed by atoms with Crippen LogP contribution in [0.4, 0.5) is 0 Å². The van der Waals surface area contributed by atoms with Gasteiger partial charge in [0.25, 0.3) is 0 Å². The van der Waals surface area contributed by atoms with E-state index >= 15 is 0 Å². The summed E-state index contributed by atoms with van der Waals surface area (Å²) in [6.07, 6.45) is 3.27. The molecule has 0 aliphatic rings. The van der Waals surface area contributed by atoms with Gasteiger partial charge in [0, 0.05) is 18.1 Å². The molecule has 0 saturated carbocycles. The fourth-order valence-corrected chi connectivity index (χ4v) is 3.28. The number of aromatic nitrogens is 1. The Kier molecular flexibility index (Phi) is 4.20. The molecule has 0 bridgehead atoms. The molecule has 0 aliphatic heterocycles. The summed E-state index contributed by atoms with van der Waals surface area (Å²) in [6, 6.07) is 16.9. The SMILES string of the molecule is COc1ccc(-n2cc(C)cc2-c2ccc(S(C)(=O)=O)cc2)cc1. The summed E-state index contributed by atoms with van der Waals surface area (Å²) >= 11 is 0. The van der Waals surface area contributed by atoms with Crippen molar-refractivity contribution < 1.29 is 13.2 Å². The van der Waals surface area contributed by atoms with Gasteiger partial charge in [-0.05, 0) is 60.5 Å². The van der Waals surface area contributed by atoms with E-state index in [4.69, 9.17) is 4.74 Å². The van der Waals surface area contributed by atoms with Crippen LogP contribution in [0.2, 0.25) is 0 Å². The lowest BCUT2D eigenvalue weighted by Gasteiger charge is -2.11. The number of methoxy groups -OCH3 is 1. The van der Waals surface area contributed by atoms with Crippen molar-refractivity contribution in [3.8, 4) is 22.7 Å². The second-order valence-corrected chi connectivity index (χ2v) is 7.78. The standard InChI is InChI=1S/C19H19NO3S/c1-14-12-19(15-4-10-18(11-5-15)24(3,21)22)20(13-14)16-6-8-17(23-2)9-7-16/h4-13H,1-3H3. The van der Waals surface area contributed by atoms with Crippen molar-refractivity contribution in [1.29, 1.82) is 0 Å². The van der Waals surface area contributed by atoms with Crippen LogP contribution in [0.25, 0.3) is 16.9 Å². The summed E-state index contributed by atoms with van der Waals surface area (Å²) in [4.78, 5) is 0.325. The van der Waals surface area contributed by atoms with Gasteiger partial charge in [-0.1, -0.05) is 12.1 Å². The van der Waals surface area contributed by atoms with E-state index in [-0.39, 0.29) is 0 Å². The zero-order valence-corrected chi connectivity index (χ0v) is 14.7. The molecule has 0 spiro atoms. The van der Waals surface area contributed by atoms with E-state index in [9.17, 15) is 8.42 Å². The zero-order valence-electron chi connectivity index (χ0n) is 13.9. The number of aryl methyl sites for hydroxylation is 1. The highest BCUT2D eigenvalue weighted by molar-refractivity contribution is 7.90. The molecule has 4 nitrogen and oxygen atoms in total. The number of hydrogen-bond donors (Lipinski definition) is 0. The lowest BCUT2D eigenvalue weighted by molar-refractivity contribution is 0.415. The van der Waals surface area contributed by atoms with E-state index in [1.165, 1.54) is 6.26 Å². The first kappa shape index (κ1) is 16.3. The zero-order chi connectivity index (χ0) is 17.3. The normalized spacial score (nSPS) is 11.5. The van der Waals surface area contributed by atoms with E-state index in [1.54, 1.807) is 19.2 Å². The summed E-state index contributed by atoms with van der Waals surface area (Å²) in [5, 5.41) is 0. The van der Waals surface area contributed by atoms with E-state index < -0.39 is 9.84 Å². The molecule has 2 aromatic carbocycles. The van der Waals surface area contributed by atoms with Crippen LogP contribution >= 0.6 is 0 Å². The van der Waals surface area contributed by atoms with Gasteiger partial charge in [0.2, 0.25) is 0 Å². The van der Waals surface area contributed by atoms with Crippen LogP contribution in [0, 0.1) is 6.92 Å². The highest BCUT2D eigenvalue weighted by Gasteiger charge is 2.11. The molecule has 0 atom stereocenters. The first-order valence-corrected chi connectivity index (χ1v) is 9.41. The van der Waals surface area contributed by atoms with Gasteiger partial charge < -0.3 is 9.30 Å². The minimum atomic E-state index is -3.19. The van der Waals surface area contributed by atoms with Crippen LogP contribution < -0.4 is 4.74 Å². The van der Waals surface area contributed by atoms with E-state index in [2.05, 4.69) is 16.8 Å². The summed E-state index contributed by atoms with van der Waals surface area (Å²) in [5.74, 6) is 0.807. The Bertz CT molecular complexity index is 953. The van der Waals surface area contributed by atoms with Gasteiger partial charge in [-0.2, -0.15) is 0 Å². The van der Waals surface area contributed by atoms with Crippen molar-refractivity contribution in [1.82, 2.24) is 4.57 Å². The van der Waals surface area contributed by atoms with Crippen LogP contribution in [0.15, 0.2) is 65.7 Å². The summed E-state index contributed by atoms with van der Waals surface area (Å²) < 4.78 is 30.5. The van der Waals surface area contributed by atoms with Crippen molar-refractivity contribution in [3.05, 3.63) is 66.4 Å². The maximum absolute atomic E-state index is 11.6. The Morgan fingerprint density at radius 3 is 2.12 bits per heavy atom. The highest BCUT2D eigenvalue weighted by Crippen LogP contribution is 2.27. The number of sulfone groups is 1. The molecule has 0 amide bonds. The van der Waals surface area contributed by atoms with Gasteiger partial charge in [0.05, 0.1) is 17.7 Å². The number of nitrogens with zero attached hydrogens (tertiary/aromatic N) is 1. The second kappa shape index (κ2) is 6.17. The van der Waals surface area contributed by atoms with Crippen molar-refractivity contribution in [2.45, 2.75) is 11.8 Å². The molecule has 0 radical (unpaired) electrons. The lowest BCUT2D eigenvalue weighted by atomic mass is 10.1. The number of benzene rings is 2. The largest absolute Gasteiger partial charge is 0.497 e. The van der Waals surface area contributed by atoms with Crippen molar-refractivity contribution in [3.63, 3.8) is 0 Å². The molecule has 24 heavy (non-hydrogen) atoms. The molecule has 0 N–H and O–H groups in total. The molecule has 1 aromatic heterocycles. The Balaban J connectivity index is 2.05. The van der Waals surface area contributed by atoms with Gasteiger partial charge >= 0.3 is 0 Å². The monoisotopic (exact) mass is 341 g/mol. The molecular weight excluding hydrogens is 322 g/mol. The average molecular weight is 341 g/mol. The topological polar surface area (TPSA) is 48.3 Å². The fraction of sp³-hybridized carbons (Fsp3) is 0.158. The van der Waals surface area contributed by atoms with Gasteiger partial charge in [0.1, 0.15) is 5.75 Å². The molecular formula is C19H19NO3S. The molecule has 5 heteroatoms. The Morgan fingerprint density at radius 1 is 0.958 bits per heavy atom. The predicted molar refractivity (Wildman–Crippen MR) is 95.6 cm³/mol. The Hall–Kier alpha value is -2.53. The van der Waals surface area contributed by atoms with Crippen molar-refractivity contribution >= 4 is 9.84 Å². The van der Waals surface area contributed by atoms with Crippen LogP contribution in [0.5, 0.6) is 5.75 Å². The number of rotatable bonds is 4. The van der Waals surface area contributed by atoms with Gasteiger partial charge in [0.15, 0.2) is 9.84 Å². The maximum atomic E-state index is 11.6. The van der Waals surface area contributed by atoms with Crippen molar-refractivity contribution in [2.24, 2.45) is 0 Å². The van der Waals surface area contributed by atoms with E-state index in [1.807, 2.05) is 43.3 Å². The third-order valence-corrected chi connectivity index (χ3v) is 5.01. The number of hydrogen-bond acceptors (Lipinski definition) is 3. The fourth-order valence-electron chi connectivity index (χ4n) is 2.65. The van der Waals surface area contributed by atoms with Crippen LogP contribution in [0.3, 0.4) is 0 Å². The van der Waals surface area contributed by atoms with Crippen LogP contribution in [-0.4, -0.2) is 26.4 Å². The van der Waals surface area contributed by atoms with Crippen LogP contribution in [0.1, 0.15) is 5.56 Å². The molecule has 1 heterocycles. The van der Waals surface area contributed by atoms with Crippen molar-refractivity contribution in [2.75, 3.05) is 13.4 Å². The third-order valence-electron chi connectivity index (χ3n) is 3.89. The van der Waals surface area contributed by atoms with E-state index in [0.717, 1.165) is 28.3 Å². The van der Waals surface area contributed by atoms with Gasteiger partial charge in [-0.25, -0.2) is 8.42 Å². The maximum Gasteiger partial charge on any atom is 0.175 e. The van der Waals surface area contributed by atoms with Crippen LogP contribution in [-0.2, 0) is 9.84 Å². The second-order valence-electron chi connectivity index (χ2n) is 5.77. The summed E-state index contributed by atoms with van der Waals surface area (Å²) in [5.41, 5.74) is 4.13. The lowest BCUT2D eigenvalue weighted by Crippen LogP contribution is -1.98. The average Bonchev–Trinajstić information content (AvgIpc) is 2.96. The number of ether oxygens (including phenoxy) is 1. The molecule has 0 fully saturated rings. The minimum Gasteiger partial charge on any atom is -0.497 e.